The zero-order valence-electron chi connectivity index (χ0n) is 19.8. The number of aryl methyl sites for hydroxylation is 2. The van der Waals surface area contributed by atoms with Crippen LogP contribution in [-0.2, 0) is 4.79 Å². The highest BCUT2D eigenvalue weighted by Gasteiger charge is 2.80. The van der Waals surface area contributed by atoms with Crippen LogP contribution in [0, 0.1) is 13.8 Å². The van der Waals surface area contributed by atoms with Crippen LogP contribution < -0.4 is 0 Å². The van der Waals surface area contributed by atoms with Gasteiger partial charge in [0, 0.05) is 64.2 Å². The molecule has 0 spiro atoms. The number of carboxylic acid groups (broad SMARTS) is 1. The number of allylic oxidation sites excluding steroid dienone is 2. The van der Waals surface area contributed by atoms with E-state index in [9.17, 15) is 18.4 Å². The number of carbonyl (C=O) groups is 2. The van der Waals surface area contributed by atoms with Crippen LogP contribution in [0.4, 0.5) is 26.3 Å². The van der Waals surface area contributed by atoms with E-state index in [4.69, 9.17) is 5.11 Å². The Morgan fingerprint density at radius 3 is 1.87 bits per heavy atom. The molecule has 2 aromatic carbocycles. The summed E-state index contributed by atoms with van der Waals surface area (Å²) in [4.78, 5) is 23.5. The summed E-state index contributed by atoms with van der Waals surface area (Å²) in [6, 6.07) is 10.1. The second-order valence-electron chi connectivity index (χ2n) is 9.06. The molecule has 1 aliphatic carbocycles. The zero-order chi connectivity index (χ0) is 27.8. The van der Waals surface area contributed by atoms with E-state index in [-0.39, 0.29) is 42.8 Å². The number of fused-ring (bicyclic) bond motifs is 2. The van der Waals surface area contributed by atoms with Crippen LogP contribution in [0.15, 0.2) is 42.5 Å². The molecule has 2 heterocycles. The lowest BCUT2D eigenvalue weighted by molar-refractivity contribution is -0.254. The number of aliphatic carboxylic acids is 1. The van der Waals surface area contributed by atoms with Crippen molar-refractivity contribution in [3.8, 4) is 0 Å². The Balaban J connectivity index is 1.81. The summed E-state index contributed by atoms with van der Waals surface area (Å²) < 4.78 is 92.6. The molecule has 0 saturated carbocycles. The first-order chi connectivity index (χ1) is 17.7. The summed E-state index contributed by atoms with van der Waals surface area (Å²) in [5.74, 6) is -17.7. The lowest BCUT2D eigenvalue weighted by Gasteiger charge is -2.26. The molecule has 0 fully saturated rings. The highest BCUT2D eigenvalue weighted by Crippen LogP contribution is 2.67. The fourth-order valence-corrected chi connectivity index (χ4v) is 7.12. The molecular weight excluding hydrogens is 550 g/mol. The molecule has 4 aromatic rings. The maximum atomic E-state index is 15.5. The standard InChI is InChI=1S/C27H18F6O3S2/c1-12-21(15-5-3-4-6-18(15)37-12)23-24(26(30,31)27(32,33)25(23,28)29)22-13(2)38-19-11-14(7-8-16(19)22)17(34)9-10-20(35)36/h3-8,11H,9-10H2,1-2H3,(H,35,36). The minimum Gasteiger partial charge on any atom is -0.481 e. The molecular formula is C27H18F6O3S2. The Morgan fingerprint density at radius 1 is 0.763 bits per heavy atom. The normalized spacial score (nSPS) is 18.0. The molecule has 3 nitrogen and oxygen atoms in total. The van der Waals surface area contributed by atoms with Gasteiger partial charge >= 0.3 is 23.7 Å². The van der Waals surface area contributed by atoms with Crippen LogP contribution in [0.5, 0.6) is 0 Å². The SMILES string of the molecule is Cc1sc2ccccc2c1C1=C(c2c(C)sc3cc(C(=O)CCC(=O)O)ccc23)C(F)(F)C(F)(F)C1(F)F. The number of Topliss-reactive ketones (excluding diaryl/α,β-unsaturated/α-hetero) is 1. The van der Waals surface area contributed by atoms with Crippen LogP contribution >= 0.6 is 22.7 Å². The van der Waals surface area contributed by atoms with Gasteiger partial charge < -0.3 is 5.11 Å². The largest absolute Gasteiger partial charge is 0.481 e. The van der Waals surface area contributed by atoms with E-state index in [0.29, 0.717) is 4.70 Å². The number of hydrogen-bond acceptors (Lipinski definition) is 4. The van der Waals surface area contributed by atoms with E-state index < -0.39 is 52.7 Å². The summed E-state index contributed by atoms with van der Waals surface area (Å²) in [6.45, 7) is 2.81. The molecule has 38 heavy (non-hydrogen) atoms. The minimum absolute atomic E-state index is 0.0279. The quantitative estimate of drug-likeness (QED) is 0.187. The van der Waals surface area contributed by atoms with Gasteiger partial charge in [-0.25, -0.2) is 0 Å². The Bertz CT molecular complexity index is 1680. The summed E-state index contributed by atoms with van der Waals surface area (Å²) in [7, 11) is 0. The van der Waals surface area contributed by atoms with Crippen molar-refractivity contribution in [3.05, 3.63) is 68.9 Å². The van der Waals surface area contributed by atoms with Crippen LogP contribution in [0.1, 0.15) is 44.1 Å². The summed E-state index contributed by atoms with van der Waals surface area (Å²) in [6.07, 6.45) is -0.708. The molecule has 0 aliphatic heterocycles. The van der Waals surface area contributed by atoms with Gasteiger partial charge in [0.1, 0.15) is 0 Å². The van der Waals surface area contributed by atoms with Gasteiger partial charge in [0.25, 0.3) is 0 Å². The van der Waals surface area contributed by atoms with Crippen LogP contribution in [0.3, 0.4) is 0 Å². The van der Waals surface area contributed by atoms with Gasteiger partial charge in [0.15, 0.2) is 5.78 Å². The highest BCUT2D eigenvalue weighted by atomic mass is 32.1. The number of benzene rings is 2. The lowest BCUT2D eigenvalue weighted by atomic mass is 9.91. The summed E-state index contributed by atoms with van der Waals surface area (Å²) in [5.41, 5.74) is -3.46. The number of carboxylic acids is 1. The maximum absolute atomic E-state index is 15.5. The number of ketones is 1. The van der Waals surface area contributed by atoms with Crippen LogP contribution in [-0.4, -0.2) is 34.6 Å². The zero-order valence-corrected chi connectivity index (χ0v) is 21.4. The van der Waals surface area contributed by atoms with Gasteiger partial charge in [0.05, 0.1) is 6.42 Å². The Morgan fingerprint density at radius 2 is 1.29 bits per heavy atom. The van der Waals surface area contributed by atoms with E-state index in [1.165, 1.54) is 44.2 Å². The molecule has 11 heteroatoms. The topological polar surface area (TPSA) is 54.4 Å². The maximum Gasteiger partial charge on any atom is 0.380 e. The molecule has 0 bridgehead atoms. The molecule has 0 saturated heterocycles. The van der Waals surface area contributed by atoms with E-state index in [1.807, 2.05) is 0 Å². The predicted octanol–water partition coefficient (Wildman–Crippen LogP) is 8.61. The molecule has 5 rings (SSSR count). The van der Waals surface area contributed by atoms with E-state index >= 15 is 17.6 Å². The van der Waals surface area contributed by atoms with Gasteiger partial charge in [-0.1, -0.05) is 30.3 Å². The van der Waals surface area contributed by atoms with Crippen LogP contribution in [0.25, 0.3) is 31.3 Å². The second kappa shape index (κ2) is 8.67. The molecule has 198 valence electrons. The number of halogens is 6. The van der Waals surface area contributed by atoms with E-state index in [0.717, 1.165) is 22.7 Å². The van der Waals surface area contributed by atoms with Gasteiger partial charge in [-0.15, -0.1) is 22.7 Å². The van der Waals surface area contributed by atoms with Crippen molar-refractivity contribution in [1.29, 1.82) is 0 Å². The first-order valence-corrected chi connectivity index (χ1v) is 13.0. The van der Waals surface area contributed by atoms with E-state index in [2.05, 4.69) is 0 Å². The molecule has 2 aromatic heterocycles. The number of thiophene rings is 2. The fraction of sp³-hybridized carbons (Fsp3) is 0.259. The molecule has 0 amide bonds. The third kappa shape index (κ3) is 3.62. The van der Waals surface area contributed by atoms with Crippen molar-refractivity contribution in [1.82, 2.24) is 0 Å². The number of hydrogen-bond donors (Lipinski definition) is 1. The van der Waals surface area contributed by atoms with Gasteiger partial charge in [-0.2, -0.15) is 26.3 Å². The summed E-state index contributed by atoms with van der Waals surface area (Å²) >= 11 is 1.96. The molecule has 0 atom stereocenters. The molecule has 0 radical (unpaired) electrons. The Labute approximate surface area is 220 Å². The number of carbonyl (C=O) groups excluding carboxylic acids is 1. The van der Waals surface area contributed by atoms with Crippen molar-refractivity contribution in [2.45, 2.75) is 44.5 Å². The monoisotopic (exact) mass is 568 g/mol. The molecule has 1 N–H and O–H groups in total. The highest BCUT2D eigenvalue weighted by molar-refractivity contribution is 7.19. The molecule has 0 unspecified atom stereocenters. The molecule has 1 aliphatic rings. The number of alkyl halides is 6. The third-order valence-corrected chi connectivity index (χ3v) is 8.85. The van der Waals surface area contributed by atoms with E-state index in [1.54, 1.807) is 12.1 Å². The van der Waals surface area contributed by atoms with Crippen molar-refractivity contribution in [2.24, 2.45) is 0 Å². The number of rotatable bonds is 6. The van der Waals surface area contributed by atoms with Gasteiger partial charge in [0.2, 0.25) is 0 Å². The van der Waals surface area contributed by atoms with Crippen molar-refractivity contribution >= 4 is 65.7 Å². The van der Waals surface area contributed by atoms with Crippen molar-refractivity contribution < 1.29 is 41.0 Å². The second-order valence-corrected chi connectivity index (χ2v) is 11.6. The lowest BCUT2D eigenvalue weighted by Crippen LogP contribution is -2.48. The average Bonchev–Trinajstić information content (AvgIpc) is 3.37. The van der Waals surface area contributed by atoms with Crippen LogP contribution in [0.2, 0.25) is 0 Å². The van der Waals surface area contributed by atoms with Crippen molar-refractivity contribution in [2.75, 3.05) is 0 Å². The van der Waals surface area contributed by atoms with Gasteiger partial charge in [-0.05, 0) is 26.0 Å². The Hall–Kier alpha value is -3.18. The fourth-order valence-electron chi connectivity index (χ4n) is 4.94. The summed E-state index contributed by atoms with van der Waals surface area (Å²) in [5, 5.41) is 9.02. The van der Waals surface area contributed by atoms with Gasteiger partial charge in [-0.3, -0.25) is 9.59 Å². The Kier molecular flexibility index (Phi) is 6.03. The minimum atomic E-state index is -5.69. The smallest absolute Gasteiger partial charge is 0.380 e. The first kappa shape index (κ1) is 26.4. The third-order valence-electron chi connectivity index (χ3n) is 6.69. The average molecular weight is 569 g/mol. The predicted molar refractivity (Wildman–Crippen MR) is 136 cm³/mol. The first-order valence-electron chi connectivity index (χ1n) is 11.4. The van der Waals surface area contributed by atoms with Crippen molar-refractivity contribution in [3.63, 3.8) is 0 Å².